The fourth-order valence-electron chi connectivity index (χ4n) is 1.91. The molecule has 0 unspecified atom stereocenters. The van der Waals surface area contributed by atoms with Crippen LogP contribution in [0.15, 0.2) is 0 Å². The van der Waals surface area contributed by atoms with Crippen molar-refractivity contribution in [3.05, 3.63) is 0 Å². The van der Waals surface area contributed by atoms with Crippen molar-refractivity contribution in [2.75, 3.05) is 0 Å². The van der Waals surface area contributed by atoms with Crippen molar-refractivity contribution in [2.45, 2.75) is 84.0 Å². The van der Waals surface area contributed by atoms with E-state index in [9.17, 15) is 4.79 Å². The first-order chi connectivity index (χ1) is 9.77. The lowest BCUT2D eigenvalue weighted by Gasteiger charge is -1.99. The van der Waals surface area contributed by atoms with Gasteiger partial charge < -0.3 is 5.11 Å². The Morgan fingerprint density at radius 3 is 1.85 bits per heavy atom. The van der Waals surface area contributed by atoms with Crippen LogP contribution in [0, 0.1) is 23.7 Å². The third-order valence-electron chi connectivity index (χ3n) is 3.11. The van der Waals surface area contributed by atoms with Crippen LogP contribution in [-0.2, 0) is 4.79 Å². The summed E-state index contributed by atoms with van der Waals surface area (Å²) < 4.78 is 0. The van der Waals surface area contributed by atoms with Crippen molar-refractivity contribution >= 4 is 5.97 Å². The number of hydrogen-bond donors (Lipinski definition) is 1. The molecule has 0 aromatic rings. The summed E-state index contributed by atoms with van der Waals surface area (Å²) in [4.78, 5) is 10.2. The van der Waals surface area contributed by atoms with E-state index in [1.807, 2.05) is 0 Å². The van der Waals surface area contributed by atoms with Crippen LogP contribution in [-0.4, -0.2) is 11.1 Å². The number of rotatable bonds is 11. The first-order valence-electron chi connectivity index (χ1n) is 7.95. The van der Waals surface area contributed by atoms with E-state index in [4.69, 9.17) is 5.11 Å². The molecule has 20 heavy (non-hydrogen) atoms. The number of carboxylic acids is 1. The molecule has 0 aliphatic heterocycles. The summed E-state index contributed by atoms with van der Waals surface area (Å²) in [5, 5.41) is 8.41. The molecule has 112 valence electrons. The maximum absolute atomic E-state index is 10.2. The lowest BCUT2D eigenvalue weighted by Crippen LogP contribution is -1.91. The Balaban J connectivity index is 3.25. The van der Waals surface area contributed by atoms with Gasteiger partial charge in [-0.05, 0) is 18.3 Å². The Hall–Kier alpha value is -1.41. The number of aliphatic carboxylic acids is 1. The summed E-state index contributed by atoms with van der Waals surface area (Å²) in [5.41, 5.74) is 0. The molecular formula is C18H28O2. The van der Waals surface area contributed by atoms with E-state index in [1.165, 1.54) is 51.4 Å². The molecule has 0 rings (SSSR count). The van der Waals surface area contributed by atoms with E-state index in [-0.39, 0.29) is 6.42 Å². The van der Waals surface area contributed by atoms with E-state index in [1.54, 1.807) is 0 Å². The molecule has 0 aliphatic rings. The van der Waals surface area contributed by atoms with Gasteiger partial charge >= 0.3 is 5.97 Å². The first-order valence-corrected chi connectivity index (χ1v) is 7.95. The molecule has 2 heteroatoms. The fraction of sp³-hybridized carbons (Fsp3) is 0.722. The number of carbonyl (C=O) groups is 1. The second kappa shape index (κ2) is 15.6. The molecule has 0 fully saturated rings. The van der Waals surface area contributed by atoms with Gasteiger partial charge in [-0.2, -0.15) is 0 Å². The molecule has 0 radical (unpaired) electrons. The number of carboxylic acid groups (broad SMARTS) is 1. The quantitative estimate of drug-likeness (QED) is 0.435. The fourth-order valence-corrected chi connectivity index (χ4v) is 1.91. The molecule has 0 aromatic carbocycles. The maximum Gasteiger partial charge on any atom is 0.304 e. The van der Waals surface area contributed by atoms with Gasteiger partial charge in [-0.25, -0.2) is 0 Å². The van der Waals surface area contributed by atoms with Crippen molar-refractivity contribution < 1.29 is 9.90 Å². The van der Waals surface area contributed by atoms with Gasteiger partial charge in [-0.3, -0.25) is 4.79 Å². The van der Waals surface area contributed by atoms with Gasteiger partial charge in [0.25, 0.3) is 0 Å². The monoisotopic (exact) mass is 276 g/mol. The van der Waals surface area contributed by atoms with E-state index >= 15 is 0 Å². The van der Waals surface area contributed by atoms with Crippen molar-refractivity contribution in [3.8, 4) is 23.7 Å². The third-order valence-corrected chi connectivity index (χ3v) is 3.11. The van der Waals surface area contributed by atoms with Crippen molar-refractivity contribution in [3.63, 3.8) is 0 Å². The Labute approximate surface area is 124 Å². The highest BCUT2D eigenvalue weighted by Gasteiger charge is 1.91. The smallest absolute Gasteiger partial charge is 0.304 e. The minimum absolute atomic E-state index is 0.104. The average Bonchev–Trinajstić information content (AvgIpc) is 2.43. The van der Waals surface area contributed by atoms with Gasteiger partial charge in [0.05, 0.1) is 6.42 Å². The summed E-state index contributed by atoms with van der Waals surface area (Å²) in [6.45, 7) is 2.25. The summed E-state index contributed by atoms with van der Waals surface area (Å²) in [6.07, 6.45) is 13.3. The van der Waals surface area contributed by atoms with Crippen LogP contribution >= 0.6 is 0 Å². The van der Waals surface area contributed by atoms with Crippen LogP contribution in [0.4, 0.5) is 0 Å². The lowest BCUT2D eigenvalue weighted by atomic mass is 10.1. The summed E-state index contributed by atoms with van der Waals surface area (Å²) in [6, 6.07) is 0. The molecule has 2 nitrogen and oxygen atoms in total. The first kappa shape index (κ1) is 18.6. The largest absolute Gasteiger partial charge is 0.481 e. The van der Waals surface area contributed by atoms with Gasteiger partial charge in [-0.15, -0.1) is 0 Å². The minimum Gasteiger partial charge on any atom is -0.481 e. The van der Waals surface area contributed by atoms with Crippen LogP contribution in [0.3, 0.4) is 0 Å². The topological polar surface area (TPSA) is 37.3 Å². The van der Waals surface area contributed by atoms with Crippen LogP contribution in [0.2, 0.25) is 0 Å². The number of unbranched alkanes of at least 4 members (excludes halogenated alkanes) is 9. The van der Waals surface area contributed by atoms with E-state index in [0.29, 0.717) is 6.42 Å². The Kier molecular flexibility index (Phi) is 14.5. The zero-order valence-corrected chi connectivity index (χ0v) is 12.8. The summed E-state index contributed by atoms with van der Waals surface area (Å²) >= 11 is 0. The molecule has 0 aliphatic carbocycles. The van der Waals surface area contributed by atoms with E-state index in [0.717, 1.165) is 12.8 Å². The molecule has 0 saturated heterocycles. The Morgan fingerprint density at radius 2 is 1.30 bits per heavy atom. The lowest BCUT2D eigenvalue weighted by molar-refractivity contribution is -0.136. The second-order valence-corrected chi connectivity index (χ2v) is 5.08. The summed E-state index contributed by atoms with van der Waals surface area (Å²) in [5.74, 6) is 10.4. The molecule has 1 N–H and O–H groups in total. The molecule has 0 bridgehead atoms. The molecular weight excluding hydrogens is 248 g/mol. The van der Waals surface area contributed by atoms with Crippen molar-refractivity contribution in [2.24, 2.45) is 0 Å². The molecule has 0 amide bonds. The maximum atomic E-state index is 10.2. The van der Waals surface area contributed by atoms with Gasteiger partial charge in [0.15, 0.2) is 0 Å². The average molecular weight is 276 g/mol. The minimum atomic E-state index is -0.804. The molecule has 0 saturated carbocycles. The standard InChI is InChI=1S/C18H28O2/c1-2-3-4-5-6-7-8-9-10-11-12-13-14-15-16-17-18(19)20/h2-11,16-17H2,1H3,(H,19,20). The Bertz CT molecular complexity index is 349. The molecule has 0 spiro atoms. The van der Waals surface area contributed by atoms with E-state index < -0.39 is 5.97 Å². The highest BCUT2D eigenvalue weighted by molar-refractivity contribution is 5.67. The normalized spacial score (nSPS) is 9.25. The van der Waals surface area contributed by atoms with Gasteiger partial charge in [0, 0.05) is 12.8 Å². The van der Waals surface area contributed by atoms with Gasteiger partial charge in [0.1, 0.15) is 0 Å². The highest BCUT2D eigenvalue weighted by Crippen LogP contribution is 2.10. The van der Waals surface area contributed by atoms with E-state index in [2.05, 4.69) is 30.6 Å². The molecule has 0 aromatic heterocycles. The molecule has 0 atom stereocenters. The van der Waals surface area contributed by atoms with Gasteiger partial charge in [0.2, 0.25) is 0 Å². The van der Waals surface area contributed by atoms with Crippen LogP contribution in [0.25, 0.3) is 0 Å². The molecule has 0 heterocycles. The van der Waals surface area contributed by atoms with Crippen molar-refractivity contribution in [1.29, 1.82) is 0 Å². The SMILES string of the molecule is CCCCCCCCCCCC#CC#CCCC(=O)O. The third kappa shape index (κ3) is 16.6. The van der Waals surface area contributed by atoms with Gasteiger partial charge in [-0.1, -0.05) is 70.1 Å². The second-order valence-electron chi connectivity index (χ2n) is 5.08. The number of hydrogen-bond acceptors (Lipinski definition) is 1. The summed E-state index contributed by atoms with van der Waals surface area (Å²) in [7, 11) is 0. The van der Waals surface area contributed by atoms with Crippen molar-refractivity contribution in [1.82, 2.24) is 0 Å². The van der Waals surface area contributed by atoms with Crippen LogP contribution in [0.1, 0.15) is 84.0 Å². The highest BCUT2D eigenvalue weighted by atomic mass is 16.4. The Morgan fingerprint density at radius 1 is 0.800 bits per heavy atom. The predicted octanol–water partition coefficient (Wildman–Crippen LogP) is 4.78. The van der Waals surface area contributed by atoms with Crippen LogP contribution in [0.5, 0.6) is 0 Å². The van der Waals surface area contributed by atoms with Crippen LogP contribution < -0.4 is 0 Å². The zero-order valence-electron chi connectivity index (χ0n) is 12.8. The zero-order chi connectivity index (χ0) is 14.9. The predicted molar refractivity (Wildman–Crippen MR) is 84.3 cm³/mol.